The Hall–Kier alpha value is -1.75. The first-order valence-corrected chi connectivity index (χ1v) is 6.24. The molecule has 5 heteroatoms. The lowest BCUT2D eigenvalue weighted by Gasteiger charge is -2.12. The minimum Gasteiger partial charge on any atom is -0.467 e. The fourth-order valence-corrected chi connectivity index (χ4v) is 2.17. The number of amides is 2. The Labute approximate surface area is 104 Å². The summed E-state index contributed by atoms with van der Waals surface area (Å²) in [6, 6.07) is 7.42. The number of hydrogen-bond donors (Lipinski definition) is 2. The van der Waals surface area contributed by atoms with Gasteiger partial charge in [0.2, 0.25) is 0 Å². The van der Waals surface area contributed by atoms with Crippen LogP contribution < -0.4 is 10.6 Å². The molecule has 0 radical (unpaired) electrons. The molecule has 0 fully saturated rings. The monoisotopic (exact) mass is 250 g/mol. The molecule has 17 heavy (non-hydrogen) atoms. The first-order chi connectivity index (χ1) is 8.25. The van der Waals surface area contributed by atoms with Gasteiger partial charge in [-0.05, 0) is 30.5 Å². The summed E-state index contributed by atoms with van der Waals surface area (Å²) in [5.74, 6) is 0.740. The molecule has 1 unspecified atom stereocenters. The Morgan fingerprint density at radius 1 is 1.47 bits per heavy atom. The van der Waals surface area contributed by atoms with E-state index in [1.807, 2.05) is 30.5 Å². The lowest BCUT2D eigenvalue weighted by atomic mass is 10.3. The predicted molar refractivity (Wildman–Crippen MR) is 66.8 cm³/mol. The molecule has 2 rings (SSSR count). The van der Waals surface area contributed by atoms with E-state index in [1.165, 1.54) is 0 Å². The van der Waals surface area contributed by atoms with Crippen LogP contribution in [0.1, 0.15) is 23.6 Å². The van der Waals surface area contributed by atoms with Gasteiger partial charge in [0.05, 0.1) is 18.8 Å². The lowest BCUT2D eigenvalue weighted by molar-refractivity contribution is 0.236. The number of hydrogen-bond acceptors (Lipinski definition) is 3. The highest BCUT2D eigenvalue weighted by Crippen LogP contribution is 2.17. The van der Waals surface area contributed by atoms with E-state index >= 15 is 0 Å². The maximum atomic E-state index is 11.6. The van der Waals surface area contributed by atoms with Crippen LogP contribution in [-0.4, -0.2) is 6.03 Å². The molecule has 0 aliphatic rings. The SMILES string of the molecule is CC(NC(=O)NCc1ccco1)c1cccs1. The average molecular weight is 250 g/mol. The molecule has 0 spiro atoms. The Kier molecular flexibility index (Phi) is 3.82. The first-order valence-electron chi connectivity index (χ1n) is 5.36. The van der Waals surface area contributed by atoms with Gasteiger partial charge in [-0.3, -0.25) is 0 Å². The van der Waals surface area contributed by atoms with E-state index in [2.05, 4.69) is 10.6 Å². The summed E-state index contributed by atoms with van der Waals surface area (Å²) in [6.45, 7) is 2.36. The first kappa shape index (κ1) is 11.7. The molecule has 0 saturated carbocycles. The molecule has 1 atom stereocenters. The van der Waals surface area contributed by atoms with Crippen LogP contribution in [0.15, 0.2) is 40.3 Å². The fraction of sp³-hybridized carbons (Fsp3) is 0.250. The molecule has 90 valence electrons. The number of nitrogens with one attached hydrogen (secondary N) is 2. The summed E-state index contributed by atoms with van der Waals surface area (Å²) in [5, 5.41) is 7.60. The van der Waals surface area contributed by atoms with Crippen LogP contribution in [0, 0.1) is 0 Å². The van der Waals surface area contributed by atoms with Crippen molar-refractivity contribution in [2.75, 3.05) is 0 Å². The van der Waals surface area contributed by atoms with E-state index in [4.69, 9.17) is 4.42 Å². The Balaban J connectivity index is 1.77. The topological polar surface area (TPSA) is 54.3 Å². The number of furan rings is 1. The third-order valence-corrected chi connectivity index (χ3v) is 3.38. The van der Waals surface area contributed by atoms with Crippen molar-refractivity contribution in [3.8, 4) is 0 Å². The largest absolute Gasteiger partial charge is 0.467 e. The third-order valence-electron chi connectivity index (χ3n) is 2.32. The predicted octanol–water partition coefficient (Wildman–Crippen LogP) is 2.90. The van der Waals surface area contributed by atoms with Crippen LogP contribution in [0.5, 0.6) is 0 Å². The second-order valence-electron chi connectivity index (χ2n) is 3.64. The third kappa shape index (κ3) is 3.35. The Bertz CT molecular complexity index is 451. The van der Waals surface area contributed by atoms with Crippen LogP contribution in [0.2, 0.25) is 0 Å². The second kappa shape index (κ2) is 5.54. The highest BCUT2D eigenvalue weighted by molar-refractivity contribution is 7.10. The molecule has 0 aromatic carbocycles. The van der Waals surface area contributed by atoms with Gasteiger partial charge < -0.3 is 15.1 Å². The molecule has 2 heterocycles. The van der Waals surface area contributed by atoms with Crippen LogP contribution >= 0.6 is 11.3 Å². The average Bonchev–Trinajstić information content (AvgIpc) is 2.99. The number of rotatable bonds is 4. The van der Waals surface area contributed by atoms with Crippen LogP contribution in [-0.2, 0) is 6.54 Å². The molecule has 2 amide bonds. The van der Waals surface area contributed by atoms with Crippen molar-refractivity contribution in [1.29, 1.82) is 0 Å². The zero-order chi connectivity index (χ0) is 12.1. The number of carbonyl (C=O) groups is 1. The minimum absolute atomic E-state index is 0.0200. The van der Waals surface area contributed by atoms with E-state index < -0.39 is 0 Å². The van der Waals surface area contributed by atoms with Gasteiger partial charge in [0.15, 0.2) is 0 Å². The fourth-order valence-electron chi connectivity index (χ4n) is 1.44. The summed E-state index contributed by atoms with van der Waals surface area (Å²) in [6.07, 6.45) is 1.59. The maximum Gasteiger partial charge on any atom is 0.315 e. The van der Waals surface area contributed by atoms with E-state index in [0.717, 1.165) is 10.6 Å². The summed E-state index contributed by atoms with van der Waals surface area (Å²) >= 11 is 1.63. The number of urea groups is 1. The number of thiophene rings is 1. The summed E-state index contributed by atoms with van der Waals surface area (Å²) in [4.78, 5) is 12.7. The summed E-state index contributed by atoms with van der Waals surface area (Å²) < 4.78 is 5.12. The molecular weight excluding hydrogens is 236 g/mol. The molecule has 0 saturated heterocycles. The van der Waals surface area contributed by atoms with Crippen molar-refractivity contribution in [2.45, 2.75) is 19.5 Å². The van der Waals surface area contributed by atoms with Crippen LogP contribution in [0.25, 0.3) is 0 Å². The van der Waals surface area contributed by atoms with E-state index in [1.54, 1.807) is 23.7 Å². The van der Waals surface area contributed by atoms with Gasteiger partial charge in [0.25, 0.3) is 0 Å². The van der Waals surface area contributed by atoms with Crippen molar-refractivity contribution in [1.82, 2.24) is 10.6 Å². The zero-order valence-electron chi connectivity index (χ0n) is 9.47. The van der Waals surface area contributed by atoms with Gasteiger partial charge in [-0.15, -0.1) is 11.3 Å². The quantitative estimate of drug-likeness (QED) is 0.876. The van der Waals surface area contributed by atoms with Gasteiger partial charge in [0.1, 0.15) is 5.76 Å². The lowest BCUT2D eigenvalue weighted by Crippen LogP contribution is -2.36. The molecule has 0 aliphatic heterocycles. The van der Waals surface area contributed by atoms with Crippen LogP contribution in [0.4, 0.5) is 4.79 Å². The summed E-state index contributed by atoms with van der Waals surface area (Å²) in [5.41, 5.74) is 0. The Morgan fingerprint density at radius 2 is 2.35 bits per heavy atom. The van der Waals surface area contributed by atoms with Crippen molar-refractivity contribution < 1.29 is 9.21 Å². The summed E-state index contributed by atoms with van der Waals surface area (Å²) in [7, 11) is 0. The van der Waals surface area contributed by atoms with E-state index in [-0.39, 0.29) is 12.1 Å². The van der Waals surface area contributed by atoms with Gasteiger partial charge >= 0.3 is 6.03 Å². The maximum absolute atomic E-state index is 11.6. The second-order valence-corrected chi connectivity index (χ2v) is 4.62. The molecule has 0 aliphatic carbocycles. The normalized spacial score (nSPS) is 12.1. The van der Waals surface area contributed by atoms with Gasteiger partial charge in [-0.25, -0.2) is 4.79 Å². The smallest absolute Gasteiger partial charge is 0.315 e. The molecular formula is C12H14N2O2S. The van der Waals surface area contributed by atoms with Crippen molar-refractivity contribution >= 4 is 17.4 Å². The van der Waals surface area contributed by atoms with Gasteiger partial charge in [-0.1, -0.05) is 6.07 Å². The van der Waals surface area contributed by atoms with Crippen molar-refractivity contribution in [2.24, 2.45) is 0 Å². The van der Waals surface area contributed by atoms with Crippen molar-refractivity contribution in [3.63, 3.8) is 0 Å². The molecule has 2 N–H and O–H groups in total. The molecule has 4 nitrogen and oxygen atoms in total. The van der Waals surface area contributed by atoms with Gasteiger partial charge in [0, 0.05) is 4.88 Å². The van der Waals surface area contributed by atoms with E-state index in [9.17, 15) is 4.79 Å². The van der Waals surface area contributed by atoms with E-state index in [0.29, 0.717) is 6.54 Å². The number of carbonyl (C=O) groups excluding carboxylic acids is 1. The molecule has 2 aromatic rings. The van der Waals surface area contributed by atoms with Crippen LogP contribution in [0.3, 0.4) is 0 Å². The highest BCUT2D eigenvalue weighted by Gasteiger charge is 2.09. The van der Waals surface area contributed by atoms with Gasteiger partial charge in [-0.2, -0.15) is 0 Å². The molecule has 0 bridgehead atoms. The zero-order valence-corrected chi connectivity index (χ0v) is 10.3. The Morgan fingerprint density at radius 3 is 3.00 bits per heavy atom. The minimum atomic E-state index is -0.192. The highest BCUT2D eigenvalue weighted by atomic mass is 32.1. The van der Waals surface area contributed by atoms with Crippen molar-refractivity contribution in [3.05, 3.63) is 46.5 Å². The molecule has 2 aromatic heterocycles. The standard InChI is InChI=1S/C12H14N2O2S/c1-9(11-5-3-7-17-11)14-12(15)13-8-10-4-2-6-16-10/h2-7,9H,8H2,1H3,(H2,13,14,15).